The van der Waals surface area contributed by atoms with Crippen molar-refractivity contribution in [3.63, 3.8) is 0 Å². The van der Waals surface area contributed by atoms with Crippen LogP contribution in [0, 0.1) is 11.3 Å². The van der Waals surface area contributed by atoms with Gasteiger partial charge in [-0.15, -0.1) is 0 Å². The second-order valence-corrected chi connectivity index (χ2v) is 7.49. The molecule has 0 radical (unpaired) electrons. The van der Waals surface area contributed by atoms with Crippen LogP contribution in [0.1, 0.15) is 30.0 Å². The summed E-state index contributed by atoms with van der Waals surface area (Å²) in [5.74, 6) is 0.966. The van der Waals surface area contributed by atoms with Crippen molar-refractivity contribution < 1.29 is 12.8 Å². The Balaban J connectivity index is 2.03. The summed E-state index contributed by atoms with van der Waals surface area (Å²) in [5.41, 5.74) is 0.967. The lowest BCUT2D eigenvalue weighted by Gasteiger charge is -2.15. The lowest BCUT2D eigenvalue weighted by atomic mass is 10.1. The van der Waals surface area contributed by atoms with Crippen molar-refractivity contribution in [1.82, 2.24) is 9.62 Å². The van der Waals surface area contributed by atoms with E-state index >= 15 is 0 Å². The number of hydrogen-bond acceptors (Lipinski definition) is 5. The Kier molecular flexibility index (Phi) is 5.21. The normalized spacial score (nSPS) is 13.0. The van der Waals surface area contributed by atoms with Gasteiger partial charge < -0.3 is 9.73 Å². The van der Waals surface area contributed by atoms with Crippen LogP contribution in [0.3, 0.4) is 0 Å². The maximum atomic E-state index is 12.0. The van der Waals surface area contributed by atoms with Gasteiger partial charge in [0.2, 0.25) is 15.8 Å². The maximum absolute atomic E-state index is 12.0. The molecule has 0 saturated carbocycles. The molecule has 0 bridgehead atoms. The van der Waals surface area contributed by atoms with Gasteiger partial charge in [0.15, 0.2) is 0 Å². The minimum Gasteiger partial charge on any atom is -0.449 e. The fourth-order valence-electron chi connectivity index (χ4n) is 2.04. The van der Waals surface area contributed by atoms with Crippen LogP contribution in [0.15, 0.2) is 45.7 Å². The smallest absolute Gasteiger partial charge is 0.242 e. The molecule has 0 saturated heterocycles. The zero-order valence-electron chi connectivity index (χ0n) is 13.3. The first-order chi connectivity index (χ1) is 10.8. The highest BCUT2D eigenvalue weighted by atomic mass is 32.2. The number of nitrogens with one attached hydrogen (secondary N) is 1. The van der Waals surface area contributed by atoms with Crippen LogP contribution < -0.4 is 5.32 Å². The van der Waals surface area contributed by atoms with Crippen molar-refractivity contribution in [2.45, 2.75) is 24.4 Å². The van der Waals surface area contributed by atoms with E-state index in [0.717, 1.165) is 5.56 Å². The average Bonchev–Trinajstić information content (AvgIpc) is 3.00. The molecule has 122 valence electrons. The molecule has 1 heterocycles. The highest BCUT2D eigenvalue weighted by molar-refractivity contribution is 7.89. The van der Waals surface area contributed by atoms with Gasteiger partial charge in [0.25, 0.3) is 0 Å². The van der Waals surface area contributed by atoms with Crippen molar-refractivity contribution in [3.8, 4) is 6.07 Å². The van der Waals surface area contributed by atoms with Crippen LogP contribution in [0.2, 0.25) is 0 Å². The monoisotopic (exact) mass is 333 g/mol. The highest BCUT2D eigenvalue weighted by Crippen LogP contribution is 2.18. The Bertz CT molecular complexity index is 802. The third-order valence-corrected chi connectivity index (χ3v) is 5.34. The van der Waals surface area contributed by atoms with Gasteiger partial charge in [0.05, 0.1) is 11.4 Å². The molecule has 0 fully saturated rings. The summed E-state index contributed by atoms with van der Waals surface area (Å²) < 4.78 is 30.5. The maximum Gasteiger partial charge on any atom is 0.242 e. The minimum atomic E-state index is -3.41. The van der Waals surface area contributed by atoms with E-state index in [0.29, 0.717) is 12.3 Å². The van der Waals surface area contributed by atoms with Crippen LogP contribution in [0.25, 0.3) is 0 Å². The molecule has 0 aliphatic heterocycles. The van der Waals surface area contributed by atoms with Crippen molar-refractivity contribution in [3.05, 3.63) is 53.5 Å². The molecular weight excluding hydrogens is 314 g/mol. The Hall–Kier alpha value is -2.14. The van der Waals surface area contributed by atoms with Gasteiger partial charge in [-0.2, -0.15) is 5.26 Å². The molecule has 1 N–H and O–H groups in total. The van der Waals surface area contributed by atoms with Crippen molar-refractivity contribution >= 4 is 10.0 Å². The van der Waals surface area contributed by atoms with Gasteiger partial charge in [0, 0.05) is 20.1 Å². The molecule has 1 aromatic heterocycles. The van der Waals surface area contributed by atoms with Crippen molar-refractivity contribution in [2.24, 2.45) is 0 Å². The number of hydrogen-bond donors (Lipinski definition) is 1. The Morgan fingerprint density at radius 3 is 2.39 bits per heavy atom. The molecule has 0 aliphatic rings. The van der Waals surface area contributed by atoms with Gasteiger partial charge in [0.1, 0.15) is 11.8 Å². The molecule has 1 unspecified atom stereocenters. The summed E-state index contributed by atoms with van der Waals surface area (Å²) in [6.07, 6.45) is 0. The van der Waals surface area contributed by atoms with Gasteiger partial charge in [-0.3, -0.25) is 0 Å². The third kappa shape index (κ3) is 3.99. The van der Waals surface area contributed by atoms with E-state index in [1.807, 2.05) is 13.0 Å². The molecule has 1 aromatic carbocycles. The summed E-state index contributed by atoms with van der Waals surface area (Å²) in [7, 11) is -0.395. The molecular formula is C16H19N3O3S. The van der Waals surface area contributed by atoms with E-state index in [1.54, 1.807) is 36.4 Å². The largest absolute Gasteiger partial charge is 0.449 e. The number of sulfonamides is 1. The number of furan rings is 1. The predicted molar refractivity (Wildman–Crippen MR) is 86.0 cm³/mol. The molecule has 6 nitrogen and oxygen atoms in total. The van der Waals surface area contributed by atoms with E-state index in [1.165, 1.54) is 18.4 Å². The molecule has 2 rings (SSSR count). The van der Waals surface area contributed by atoms with Gasteiger partial charge in [-0.1, -0.05) is 12.1 Å². The first kappa shape index (κ1) is 17.2. The molecule has 2 aromatic rings. The predicted octanol–water partition coefficient (Wildman–Crippen LogP) is 2.25. The topological polar surface area (TPSA) is 86.3 Å². The zero-order chi connectivity index (χ0) is 17.0. The SMILES string of the molecule is CC(NCc1ccc(C#N)o1)c1ccc(S(=O)(=O)N(C)C)cc1. The average molecular weight is 333 g/mol. The summed E-state index contributed by atoms with van der Waals surface area (Å²) in [6, 6.07) is 12.1. The van der Waals surface area contributed by atoms with E-state index in [9.17, 15) is 8.42 Å². The quantitative estimate of drug-likeness (QED) is 0.876. The van der Waals surface area contributed by atoms with Gasteiger partial charge in [-0.05, 0) is 36.8 Å². The molecule has 0 aliphatic carbocycles. The van der Waals surface area contributed by atoms with Crippen LogP contribution >= 0.6 is 0 Å². The lowest BCUT2D eigenvalue weighted by Crippen LogP contribution is -2.22. The fraction of sp³-hybridized carbons (Fsp3) is 0.312. The van der Waals surface area contributed by atoms with Crippen LogP contribution in [0.4, 0.5) is 0 Å². The fourth-order valence-corrected chi connectivity index (χ4v) is 2.95. The summed E-state index contributed by atoms with van der Waals surface area (Å²) in [6.45, 7) is 2.46. The van der Waals surface area contributed by atoms with Crippen LogP contribution in [-0.2, 0) is 16.6 Å². The van der Waals surface area contributed by atoms with Gasteiger partial charge >= 0.3 is 0 Å². The summed E-state index contributed by atoms with van der Waals surface area (Å²) >= 11 is 0. The number of nitrogens with zero attached hydrogens (tertiary/aromatic N) is 2. The second-order valence-electron chi connectivity index (χ2n) is 5.34. The Morgan fingerprint density at radius 2 is 1.87 bits per heavy atom. The summed E-state index contributed by atoms with van der Waals surface area (Å²) in [4.78, 5) is 0.267. The first-order valence-corrected chi connectivity index (χ1v) is 8.53. The van der Waals surface area contributed by atoms with Crippen LogP contribution in [0.5, 0.6) is 0 Å². The molecule has 0 amide bonds. The standard InChI is InChI=1S/C16H19N3O3S/c1-12(18-11-15-7-6-14(10-17)22-15)13-4-8-16(9-5-13)23(20,21)19(2)3/h4-9,12,18H,11H2,1-3H3. The molecule has 23 heavy (non-hydrogen) atoms. The molecule has 0 spiro atoms. The summed E-state index contributed by atoms with van der Waals surface area (Å²) in [5, 5.41) is 12.0. The number of benzene rings is 1. The third-order valence-electron chi connectivity index (χ3n) is 3.51. The Morgan fingerprint density at radius 1 is 1.22 bits per heavy atom. The van der Waals surface area contributed by atoms with Crippen LogP contribution in [-0.4, -0.2) is 26.8 Å². The number of nitriles is 1. The lowest BCUT2D eigenvalue weighted by molar-refractivity contribution is 0.453. The molecule has 1 atom stereocenters. The van der Waals surface area contributed by atoms with E-state index in [-0.39, 0.29) is 16.7 Å². The minimum absolute atomic E-state index is 0.0155. The van der Waals surface area contributed by atoms with Crippen molar-refractivity contribution in [1.29, 1.82) is 5.26 Å². The number of rotatable bonds is 6. The highest BCUT2D eigenvalue weighted by Gasteiger charge is 2.17. The van der Waals surface area contributed by atoms with E-state index in [4.69, 9.17) is 9.68 Å². The van der Waals surface area contributed by atoms with E-state index < -0.39 is 10.0 Å². The van der Waals surface area contributed by atoms with E-state index in [2.05, 4.69) is 5.32 Å². The first-order valence-electron chi connectivity index (χ1n) is 7.09. The zero-order valence-corrected chi connectivity index (χ0v) is 14.1. The second kappa shape index (κ2) is 6.96. The van der Waals surface area contributed by atoms with Crippen molar-refractivity contribution in [2.75, 3.05) is 14.1 Å². The molecule has 7 heteroatoms. The van der Waals surface area contributed by atoms with Gasteiger partial charge in [-0.25, -0.2) is 12.7 Å². The Labute approximate surface area is 136 Å².